The van der Waals surface area contributed by atoms with Gasteiger partial charge in [0.2, 0.25) is 11.9 Å². The van der Waals surface area contributed by atoms with Gasteiger partial charge in [0.15, 0.2) is 0 Å². The number of halogens is 1. The Morgan fingerprint density at radius 2 is 2.00 bits per heavy atom. The fourth-order valence-corrected chi connectivity index (χ4v) is 3.88. The van der Waals surface area contributed by atoms with Gasteiger partial charge in [0, 0.05) is 28.7 Å². The van der Waals surface area contributed by atoms with Crippen LogP contribution in [0.1, 0.15) is 16.3 Å². The number of benzene rings is 1. The van der Waals surface area contributed by atoms with Gasteiger partial charge >= 0.3 is 0 Å². The van der Waals surface area contributed by atoms with Crippen LogP contribution in [0.25, 0.3) is 0 Å². The van der Waals surface area contributed by atoms with Crippen LogP contribution in [0.15, 0.2) is 35.7 Å². The minimum atomic E-state index is 0.217. The van der Waals surface area contributed by atoms with Gasteiger partial charge in [-0.25, -0.2) is 0 Å². The summed E-state index contributed by atoms with van der Waals surface area (Å²) in [4.78, 5) is 16.8. The molecule has 0 bridgehead atoms. The second kappa shape index (κ2) is 6.95. The van der Waals surface area contributed by atoms with E-state index in [0.717, 1.165) is 25.2 Å². The summed E-state index contributed by atoms with van der Waals surface area (Å²) in [5, 5.41) is 5.98. The molecule has 2 aromatic heterocycles. The van der Waals surface area contributed by atoms with E-state index < -0.39 is 0 Å². The third kappa shape index (κ3) is 3.89. The van der Waals surface area contributed by atoms with Crippen molar-refractivity contribution >= 4 is 40.5 Å². The fraction of sp³-hybridized carbons (Fsp3) is 0.235. The van der Waals surface area contributed by atoms with Gasteiger partial charge in [-0.2, -0.15) is 15.0 Å². The number of nitrogen functional groups attached to an aromatic ring is 1. The maximum absolute atomic E-state index is 5.91. The van der Waals surface area contributed by atoms with Crippen LogP contribution in [0.2, 0.25) is 5.02 Å². The molecule has 0 saturated carbocycles. The summed E-state index contributed by atoms with van der Waals surface area (Å²) in [6, 6.07) is 9.54. The van der Waals surface area contributed by atoms with Crippen molar-refractivity contribution in [2.75, 3.05) is 17.6 Å². The van der Waals surface area contributed by atoms with Gasteiger partial charge in [0.25, 0.3) is 0 Å². The molecule has 0 fully saturated rings. The van der Waals surface area contributed by atoms with Crippen molar-refractivity contribution in [3.05, 3.63) is 57.0 Å². The molecule has 1 aromatic carbocycles. The average Bonchev–Trinajstić information content (AvgIpc) is 3.04. The first kappa shape index (κ1) is 16.3. The molecule has 0 radical (unpaired) electrons. The van der Waals surface area contributed by atoms with Crippen molar-refractivity contribution in [2.24, 2.45) is 0 Å². The highest BCUT2D eigenvalue weighted by atomic mass is 35.5. The smallest absolute Gasteiger partial charge is 0.232 e. The fourth-order valence-electron chi connectivity index (χ4n) is 2.87. The zero-order valence-corrected chi connectivity index (χ0v) is 15.0. The Morgan fingerprint density at radius 1 is 1.16 bits per heavy atom. The Hall–Kier alpha value is -2.22. The van der Waals surface area contributed by atoms with E-state index >= 15 is 0 Å². The minimum Gasteiger partial charge on any atom is -0.368 e. The third-order valence-electron chi connectivity index (χ3n) is 4.05. The first-order valence-electron chi connectivity index (χ1n) is 7.96. The highest BCUT2D eigenvalue weighted by Crippen LogP contribution is 2.25. The zero-order chi connectivity index (χ0) is 17.2. The van der Waals surface area contributed by atoms with Crippen LogP contribution in [-0.2, 0) is 19.5 Å². The van der Waals surface area contributed by atoms with Crippen LogP contribution in [0, 0.1) is 0 Å². The van der Waals surface area contributed by atoms with Crippen LogP contribution in [0.3, 0.4) is 0 Å². The molecule has 1 aliphatic heterocycles. The number of thiophene rings is 1. The quantitative estimate of drug-likeness (QED) is 0.730. The summed E-state index contributed by atoms with van der Waals surface area (Å²) in [6.45, 7) is 2.57. The second-order valence-corrected chi connectivity index (χ2v) is 7.33. The number of anilines is 3. The maximum atomic E-state index is 5.91. The molecule has 0 aliphatic carbocycles. The number of fused-ring (bicyclic) bond motifs is 1. The largest absolute Gasteiger partial charge is 0.368 e. The van der Waals surface area contributed by atoms with Crippen LogP contribution < -0.4 is 11.1 Å². The Bertz CT molecular complexity index is 879. The number of rotatable bonds is 4. The lowest BCUT2D eigenvalue weighted by Crippen LogP contribution is -2.30. The molecular weight excluding hydrogens is 356 g/mol. The van der Waals surface area contributed by atoms with E-state index in [9.17, 15) is 0 Å². The number of nitrogens with two attached hydrogens (primary N) is 1. The number of hydrogen-bond donors (Lipinski definition) is 2. The monoisotopic (exact) mass is 372 g/mol. The first-order chi connectivity index (χ1) is 12.2. The van der Waals surface area contributed by atoms with Gasteiger partial charge in [0.1, 0.15) is 5.82 Å². The topological polar surface area (TPSA) is 80.0 Å². The molecule has 3 N–H and O–H groups in total. The van der Waals surface area contributed by atoms with E-state index in [1.807, 2.05) is 35.6 Å². The van der Waals surface area contributed by atoms with E-state index in [1.165, 1.54) is 10.4 Å². The zero-order valence-electron chi connectivity index (χ0n) is 13.4. The summed E-state index contributed by atoms with van der Waals surface area (Å²) < 4.78 is 0. The van der Waals surface area contributed by atoms with Gasteiger partial charge in [-0.1, -0.05) is 11.6 Å². The molecule has 6 nitrogen and oxygen atoms in total. The highest BCUT2D eigenvalue weighted by molar-refractivity contribution is 7.10. The van der Waals surface area contributed by atoms with Crippen molar-refractivity contribution in [2.45, 2.75) is 19.5 Å². The molecule has 0 spiro atoms. The standard InChI is InChI=1S/C17H17ClN6S/c18-12-1-3-13(4-2-12)20-17-22-15(21-16(19)23-17)10-24-7-5-14-11(9-24)6-8-25-14/h1-4,6,8H,5,7,9-10H2,(H3,19,20,21,22,23). The molecule has 128 valence electrons. The normalized spacial score (nSPS) is 14.3. The molecular formula is C17H17ClN6S. The van der Waals surface area contributed by atoms with Crippen LogP contribution >= 0.6 is 22.9 Å². The predicted molar refractivity (Wildman–Crippen MR) is 101 cm³/mol. The molecule has 4 rings (SSSR count). The number of hydrogen-bond acceptors (Lipinski definition) is 7. The lowest BCUT2D eigenvalue weighted by Gasteiger charge is -2.26. The summed E-state index contributed by atoms with van der Waals surface area (Å²) >= 11 is 7.74. The van der Waals surface area contributed by atoms with E-state index in [-0.39, 0.29) is 5.95 Å². The summed E-state index contributed by atoms with van der Waals surface area (Å²) in [6.07, 6.45) is 1.07. The third-order valence-corrected chi connectivity index (χ3v) is 5.33. The number of aromatic nitrogens is 3. The molecule has 0 amide bonds. The number of nitrogens with zero attached hydrogens (tertiary/aromatic N) is 4. The van der Waals surface area contributed by atoms with Crippen molar-refractivity contribution < 1.29 is 0 Å². The molecule has 25 heavy (non-hydrogen) atoms. The van der Waals surface area contributed by atoms with Gasteiger partial charge in [-0.3, -0.25) is 4.90 Å². The minimum absolute atomic E-state index is 0.217. The van der Waals surface area contributed by atoms with Gasteiger partial charge < -0.3 is 11.1 Å². The molecule has 0 atom stereocenters. The Morgan fingerprint density at radius 3 is 2.84 bits per heavy atom. The van der Waals surface area contributed by atoms with Crippen LogP contribution in [-0.4, -0.2) is 26.4 Å². The first-order valence-corrected chi connectivity index (χ1v) is 9.22. The molecule has 3 heterocycles. The van der Waals surface area contributed by atoms with E-state index in [4.69, 9.17) is 17.3 Å². The summed E-state index contributed by atoms with van der Waals surface area (Å²) in [5.74, 6) is 1.33. The van der Waals surface area contributed by atoms with Crippen molar-refractivity contribution in [3.8, 4) is 0 Å². The SMILES string of the molecule is Nc1nc(CN2CCc3sccc3C2)nc(Nc2ccc(Cl)cc2)n1. The molecule has 3 aromatic rings. The summed E-state index contributed by atoms with van der Waals surface area (Å²) in [7, 11) is 0. The molecule has 0 saturated heterocycles. The number of nitrogens with one attached hydrogen (secondary N) is 1. The Kier molecular flexibility index (Phi) is 4.52. The second-order valence-electron chi connectivity index (χ2n) is 5.90. The van der Waals surface area contributed by atoms with Gasteiger partial charge in [-0.15, -0.1) is 11.3 Å². The van der Waals surface area contributed by atoms with Crippen molar-refractivity contribution in [3.63, 3.8) is 0 Å². The van der Waals surface area contributed by atoms with E-state index in [2.05, 4.69) is 36.6 Å². The molecule has 1 aliphatic rings. The molecule has 0 unspecified atom stereocenters. The lowest BCUT2D eigenvalue weighted by molar-refractivity contribution is 0.241. The lowest BCUT2D eigenvalue weighted by atomic mass is 10.1. The van der Waals surface area contributed by atoms with Gasteiger partial charge in [0.05, 0.1) is 6.54 Å². The predicted octanol–water partition coefficient (Wildman–Crippen LogP) is 3.47. The van der Waals surface area contributed by atoms with Crippen LogP contribution in [0.4, 0.5) is 17.6 Å². The van der Waals surface area contributed by atoms with Crippen molar-refractivity contribution in [1.29, 1.82) is 0 Å². The highest BCUT2D eigenvalue weighted by Gasteiger charge is 2.18. The maximum Gasteiger partial charge on any atom is 0.232 e. The van der Waals surface area contributed by atoms with Crippen LogP contribution in [0.5, 0.6) is 0 Å². The Balaban J connectivity index is 1.49. The average molecular weight is 373 g/mol. The van der Waals surface area contributed by atoms with Gasteiger partial charge in [-0.05, 0) is 47.7 Å². The van der Waals surface area contributed by atoms with Crippen molar-refractivity contribution in [1.82, 2.24) is 19.9 Å². The van der Waals surface area contributed by atoms with E-state index in [0.29, 0.717) is 23.3 Å². The van der Waals surface area contributed by atoms with E-state index in [1.54, 1.807) is 0 Å². The summed E-state index contributed by atoms with van der Waals surface area (Å²) in [5.41, 5.74) is 8.11. The Labute approximate surface area is 154 Å². The molecule has 8 heteroatoms.